The van der Waals surface area contributed by atoms with Gasteiger partial charge in [-0.1, -0.05) is 29.8 Å². The fourth-order valence-electron chi connectivity index (χ4n) is 1.44. The summed E-state index contributed by atoms with van der Waals surface area (Å²) in [6, 6.07) is 8.10. The zero-order valence-corrected chi connectivity index (χ0v) is 9.61. The number of aryl methyl sites for hydroxylation is 2. The second kappa shape index (κ2) is 7.01. The highest BCUT2D eigenvalue weighted by molar-refractivity contribution is 5.69. The van der Waals surface area contributed by atoms with Crippen molar-refractivity contribution in [2.24, 2.45) is 0 Å². The van der Waals surface area contributed by atoms with E-state index in [1.54, 1.807) is 0 Å². The first-order valence-corrected chi connectivity index (χ1v) is 5.54. The predicted octanol–water partition coefficient (Wildman–Crippen LogP) is 1.85. The Hall–Kier alpha value is -1.35. The molecule has 0 aliphatic rings. The summed E-state index contributed by atoms with van der Waals surface area (Å²) in [7, 11) is 0. The SMILES string of the molecule is Cc1cccc(CCC(=O)OCCCO)c1. The summed E-state index contributed by atoms with van der Waals surface area (Å²) >= 11 is 0. The van der Waals surface area contributed by atoms with Gasteiger partial charge in [-0.25, -0.2) is 0 Å². The van der Waals surface area contributed by atoms with Crippen molar-refractivity contribution in [1.29, 1.82) is 0 Å². The molecule has 0 bridgehead atoms. The average molecular weight is 222 g/mol. The molecule has 0 radical (unpaired) electrons. The molecule has 3 heteroatoms. The topological polar surface area (TPSA) is 46.5 Å². The van der Waals surface area contributed by atoms with Crippen molar-refractivity contribution in [3.8, 4) is 0 Å². The van der Waals surface area contributed by atoms with Crippen LogP contribution in [0.1, 0.15) is 24.0 Å². The molecule has 1 rings (SSSR count). The van der Waals surface area contributed by atoms with Gasteiger partial charge in [0.25, 0.3) is 0 Å². The van der Waals surface area contributed by atoms with Crippen molar-refractivity contribution in [2.45, 2.75) is 26.2 Å². The van der Waals surface area contributed by atoms with Crippen LogP contribution in [0.5, 0.6) is 0 Å². The lowest BCUT2D eigenvalue weighted by Crippen LogP contribution is -2.08. The van der Waals surface area contributed by atoms with E-state index in [0.717, 1.165) is 5.56 Å². The lowest BCUT2D eigenvalue weighted by atomic mass is 10.1. The van der Waals surface area contributed by atoms with Gasteiger partial charge in [-0.2, -0.15) is 0 Å². The number of hydrogen-bond donors (Lipinski definition) is 1. The van der Waals surface area contributed by atoms with E-state index >= 15 is 0 Å². The van der Waals surface area contributed by atoms with Crippen LogP contribution in [0.2, 0.25) is 0 Å². The van der Waals surface area contributed by atoms with Gasteiger partial charge in [-0.3, -0.25) is 4.79 Å². The number of carbonyl (C=O) groups is 1. The molecule has 0 saturated heterocycles. The third-order valence-corrected chi connectivity index (χ3v) is 2.27. The minimum absolute atomic E-state index is 0.0607. The number of benzene rings is 1. The van der Waals surface area contributed by atoms with Crippen molar-refractivity contribution in [3.05, 3.63) is 35.4 Å². The van der Waals surface area contributed by atoms with E-state index in [9.17, 15) is 4.79 Å². The molecular weight excluding hydrogens is 204 g/mol. The third kappa shape index (κ3) is 4.94. The van der Waals surface area contributed by atoms with Crippen LogP contribution < -0.4 is 0 Å². The number of ether oxygens (including phenoxy) is 1. The molecule has 88 valence electrons. The largest absolute Gasteiger partial charge is 0.466 e. The molecule has 0 unspecified atom stereocenters. The van der Waals surface area contributed by atoms with E-state index in [1.807, 2.05) is 25.1 Å². The highest BCUT2D eigenvalue weighted by Gasteiger charge is 2.03. The van der Waals surface area contributed by atoms with Crippen molar-refractivity contribution in [1.82, 2.24) is 0 Å². The molecule has 0 aromatic heterocycles. The molecule has 1 aromatic carbocycles. The molecule has 1 aromatic rings. The molecule has 0 saturated carbocycles. The monoisotopic (exact) mass is 222 g/mol. The number of rotatable bonds is 6. The quantitative estimate of drug-likeness (QED) is 0.590. The average Bonchev–Trinajstić information content (AvgIpc) is 2.27. The van der Waals surface area contributed by atoms with Crippen LogP contribution in [0, 0.1) is 6.92 Å². The molecule has 16 heavy (non-hydrogen) atoms. The first-order chi connectivity index (χ1) is 7.72. The second-order valence-electron chi connectivity index (χ2n) is 3.79. The van der Waals surface area contributed by atoms with Crippen LogP contribution in [0.25, 0.3) is 0 Å². The molecule has 0 aliphatic carbocycles. The molecule has 0 fully saturated rings. The van der Waals surface area contributed by atoms with E-state index in [4.69, 9.17) is 9.84 Å². The number of carbonyl (C=O) groups excluding carboxylic acids is 1. The molecule has 0 heterocycles. The normalized spacial score (nSPS) is 10.1. The summed E-state index contributed by atoms with van der Waals surface area (Å²) in [6.07, 6.45) is 1.62. The highest BCUT2D eigenvalue weighted by atomic mass is 16.5. The maximum atomic E-state index is 11.3. The lowest BCUT2D eigenvalue weighted by Gasteiger charge is -2.04. The van der Waals surface area contributed by atoms with Gasteiger partial charge in [0.15, 0.2) is 0 Å². The summed E-state index contributed by atoms with van der Waals surface area (Å²) in [5.74, 6) is -0.199. The standard InChI is InChI=1S/C13H18O3/c1-11-4-2-5-12(10-11)6-7-13(15)16-9-3-8-14/h2,4-5,10,14H,3,6-9H2,1H3. The van der Waals surface area contributed by atoms with Crippen LogP contribution >= 0.6 is 0 Å². The second-order valence-corrected chi connectivity index (χ2v) is 3.79. The minimum atomic E-state index is -0.199. The fourth-order valence-corrected chi connectivity index (χ4v) is 1.44. The summed E-state index contributed by atoms with van der Waals surface area (Å²) < 4.78 is 4.94. The van der Waals surface area contributed by atoms with Gasteiger partial charge >= 0.3 is 5.97 Å². The van der Waals surface area contributed by atoms with Gasteiger partial charge in [0.2, 0.25) is 0 Å². The number of aliphatic hydroxyl groups is 1. The van der Waals surface area contributed by atoms with Crippen LogP contribution in [0.15, 0.2) is 24.3 Å². The smallest absolute Gasteiger partial charge is 0.306 e. The van der Waals surface area contributed by atoms with E-state index in [-0.39, 0.29) is 12.6 Å². The third-order valence-electron chi connectivity index (χ3n) is 2.27. The lowest BCUT2D eigenvalue weighted by molar-refractivity contribution is -0.143. The Morgan fingerprint density at radius 1 is 1.44 bits per heavy atom. The summed E-state index contributed by atoms with van der Waals surface area (Å²) in [4.78, 5) is 11.3. The van der Waals surface area contributed by atoms with Gasteiger partial charge in [0.05, 0.1) is 6.61 Å². The van der Waals surface area contributed by atoms with E-state index in [2.05, 4.69) is 6.07 Å². The van der Waals surface area contributed by atoms with Crippen molar-refractivity contribution >= 4 is 5.97 Å². The van der Waals surface area contributed by atoms with Crippen LogP contribution in [-0.2, 0) is 16.0 Å². The Morgan fingerprint density at radius 3 is 2.94 bits per heavy atom. The van der Waals surface area contributed by atoms with Crippen molar-refractivity contribution in [3.63, 3.8) is 0 Å². The maximum absolute atomic E-state index is 11.3. The summed E-state index contributed by atoms with van der Waals surface area (Å²) in [5.41, 5.74) is 2.35. The van der Waals surface area contributed by atoms with E-state index < -0.39 is 0 Å². The summed E-state index contributed by atoms with van der Waals surface area (Å²) in [5, 5.41) is 8.53. The highest BCUT2D eigenvalue weighted by Crippen LogP contribution is 2.07. The Bertz CT molecular complexity index is 334. The Kier molecular flexibility index (Phi) is 5.57. The zero-order valence-electron chi connectivity index (χ0n) is 9.61. The van der Waals surface area contributed by atoms with Crippen molar-refractivity contribution < 1.29 is 14.6 Å². The molecule has 0 aliphatic heterocycles. The Balaban J connectivity index is 2.26. The van der Waals surface area contributed by atoms with Gasteiger partial charge in [0, 0.05) is 19.4 Å². The maximum Gasteiger partial charge on any atom is 0.306 e. The molecular formula is C13H18O3. The van der Waals surface area contributed by atoms with Gasteiger partial charge in [-0.05, 0) is 18.9 Å². The predicted molar refractivity (Wildman–Crippen MR) is 62.2 cm³/mol. The minimum Gasteiger partial charge on any atom is -0.466 e. The van der Waals surface area contributed by atoms with Crippen LogP contribution in [0.3, 0.4) is 0 Å². The Labute approximate surface area is 96.1 Å². The van der Waals surface area contributed by atoms with Crippen molar-refractivity contribution in [2.75, 3.05) is 13.2 Å². The first-order valence-electron chi connectivity index (χ1n) is 5.54. The van der Waals surface area contributed by atoms with Gasteiger partial charge < -0.3 is 9.84 Å². The molecule has 0 spiro atoms. The number of aliphatic hydroxyl groups excluding tert-OH is 1. The number of esters is 1. The molecule has 3 nitrogen and oxygen atoms in total. The molecule has 1 N–H and O–H groups in total. The van der Waals surface area contributed by atoms with Gasteiger partial charge in [-0.15, -0.1) is 0 Å². The summed E-state index contributed by atoms with van der Waals surface area (Å²) in [6.45, 7) is 2.40. The molecule has 0 atom stereocenters. The number of hydrogen-bond acceptors (Lipinski definition) is 3. The Morgan fingerprint density at radius 2 is 2.25 bits per heavy atom. The van der Waals surface area contributed by atoms with E-state index in [0.29, 0.717) is 25.9 Å². The van der Waals surface area contributed by atoms with Gasteiger partial charge in [0.1, 0.15) is 0 Å². The molecule has 0 amide bonds. The zero-order chi connectivity index (χ0) is 11.8. The van der Waals surface area contributed by atoms with Crippen LogP contribution in [-0.4, -0.2) is 24.3 Å². The first kappa shape index (κ1) is 12.7. The fraction of sp³-hybridized carbons (Fsp3) is 0.462. The van der Waals surface area contributed by atoms with Crippen LogP contribution in [0.4, 0.5) is 0 Å². The van der Waals surface area contributed by atoms with E-state index in [1.165, 1.54) is 5.56 Å².